The third-order valence-corrected chi connectivity index (χ3v) is 7.70. The molecule has 210 valence electrons. The summed E-state index contributed by atoms with van der Waals surface area (Å²) in [6.45, 7) is 9.25. The van der Waals surface area contributed by atoms with Crippen molar-refractivity contribution in [2.24, 2.45) is 0 Å². The molecule has 2 nitrogen and oxygen atoms in total. The lowest BCUT2D eigenvalue weighted by Gasteiger charge is -2.12. The molecule has 8 aromatic rings. The Balaban J connectivity index is 0.000000622. The Morgan fingerprint density at radius 2 is 0.698 bits per heavy atom. The van der Waals surface area contributed by atoms with Gasteiger partial charge in [-0.25, -0.2) is 0 Å². The van der Waals surface area contributed by atoms with E-state index in [0.717, 1.165) is 0 Å². The van der Waals surface area contributed by atoms with Crippen molar-refractivity contribution in [1.82, 2.24) is 9.13 Å². The Morgan fingerprint density at radius 1 is 0.419 bits per heavy atom. The molecular formula is C41H36N2. The summed E-state index contributed by atoms with van der Waals surface area (Å²) in [5.74, 6) is 0. The van der Waals surface area contributed by atoms with E-state index in [1.165, 1.54) is 66.1 Å². The van der Waals surface area contributed by atoms with Crippen molar-refractivity contribution in [3.8, 4) is 22.5 Å². The van der Waals surface area contributed by atoms with Gasteiger partial charge in [-0.2, -0.15) is 0 Å². The van der Waals surface area contributed by atoms with Gasteiger partial charge < -0.3 is 9.13 Å². The van der Waals surface area contributed by atoms with E-state index in [-0.39, 0.29) is 0 Å². The van der Waals surface area contributed by atoms with Crippen molar-refractivity contribution in [2.45, 2.75) is 20.8 Å². The maximum Gasteiger partial charge on any atom is 0.0541 e. The van der Waals surface area contributed by atoms with Crippen LogP contribution >= 0.6 is 0 Å². The van der Waals surface area contributed by atoms with Crippen LogP contribution in [0.2, 0.25) is 0 Å². The van der Waals surface area contributed by atoms with E-state index in [1.807, 2.05) is 20.8 Å². The van der Waals surface area contributed by atoms with Crippen LogP contribution in [0.4, 0.5) is 0 Å². The van der Waals surface area contributed by atoms with Crippen molar-refractivity contribution in [2.75, 3.05) is 0 Å². The largest absolute Gasteiger partial charge is 0.309 e. The number of para-hydroxylation sites is 4. The summed E-state index contributed by atoms with van der Waals surface area (Å²) in [5, 5.41) is 5.12. The smallest absolute Gasteiger partial charge is 0.0541 e. The highest BCUT2D eigenvalue weighted by Crippen LogP contribution is 2.35. The van der Waals surface area contributed by atoms with Gasteiger partial charge in [0.2, 0.25) is 0 Å². The minimum atomic E-state index is 1.17. The van der Waals surface area contributed by atoms with Crippen LogP contribution in [0.25, 0.3) is 66.1 Å². The van der Waals surface area contributed by atoms with Crippen LogP contribution < -0.4 is 0 Å². The van der Waals surface area contributed by atoms with Gasteiger partial charge in [0.25, 0.3) is 0 Å². The predicted octanol–water partition coefficient (Wildman–Crippen LogP) is 11.8. The van der Waals surface area contributed by atoms with E-state index in [9.17, 15) is 0 Å². The van der Waals surface area contributed by atoms with Gasteiger partial charge in [-0.15, -0.1) is 6.58 Å². The SMILES string of the molecule is C=CC.CC.c1cc(-c2cccc(-n3c4ccccc4c4ccccc43)c2)cc(-n2c3ccccc3c3ccccc32)c1. The first kappa shape index (κ1) is 27.8. The molecule has 2 aromatic heterocycles. The molecular weight excluding hydrogens is 520 g/mol. The Morgan fingerprint density at radius 3 is 1.00 bits per heavy atom. The lowest BCUT2D eigenvalue weighted by molar-refractivity contribution is 1.17. The van der Waals surface area contributed by atoms with Crippen LogP contribution in [0, 0.1) is 0 Å². The van der Waals surface area contributed by atoms with Crippen molar-refractivity contribution >= 4 is 43.6 Å². The van der Waals surface area contributed by atoms with Crippen molar-refractivity contribution < 1.29 is 0 Å². The molecule has 0 unspecified atom stereocenters. The van der Waals surface area contributed by atoms with Gasteiger partial charge in [0, 0.05) is 32.9 Å². The molecule has 0 saturated heterocycles. The highest BCUT2D eigenvalue weighted by molar-refractivity contribution is 6.10. The van der Waals surface area contributed by atoms with Crippen LogP contribution in [0.5, 0.6) is 0 Å². The second-order valence-electron chi connectivity index (χ2n) is 10.2. The fourth-order valence-corrected chi connectivity index (χ4v) is 6.05. The van der Waals surface area contributed by atoms with Gasteiger partial charge in [0.1, 0.15) is 0 Å². The summed E-state index contributed by atoms with van der Waals surface area (Å²) in [4.78, 5) is 0. The lowest BCUT2D eigenvalue weighted by Crippen LogP contribution is -1.95. The average molecular weight is 557 g/mol. The maximum atomic E-state index is 3.36. The number of aromatic nitrogens is 2. The number of hydrogen-bond acceptors (Lipinski definition) is 0. The Hall–Kier alpha value is -5.34. The zero-order chi connectivity index (χ0) is 29.8. The predicted molar refractivity (Wildman–Crippen MR) is 188 cm³/mol. The second kappa shape index (κ2) is 12.3. The van der Waals surface area contributed by atoms with E-state index < -0.39 is 0 Å². The summed E-state index contributed by atoms with van der Waals surface area (Å²) >= 11 is 0. The highest BCUT2D eigenvalue weighted by atomic mass is 15.0. The normalized spacial score (nSPS) is 10.8. The monoisotopic (exact) mass is 556 g/mol. The van der Waals surface area contributed by atoms with Crippen LogP contribution in [0.1, 0.15) is 20.8 Å². The Bertz CT molecular complexity index is 1930. The second-order valence-corrected chi connectivity index (χ2v) is 10.2. The molecule has 0 radical (unpaired) electrons. The standard InChI is InChI=1S/C36H24N2.C3H6.C2H6/c1-5-19-33-29(15-1)30-16-2-6-20-34(30)37(33)27-13-9-11-25(23-27)26-12-10-14-28(24-26)38-35-21-7-3-17-31(35)32-18-4-8-22-36(32)38;1-3-2;1-2/h1-24H;3H,1H2,2H3;1-2H3. The summed E-state index contributed by atoms with van der Waals surface area (Å²) in [7, 11) is 0. The highest BCUT2D eigenvalue weighted by Gasteiger charge is 2.14. The molecule has 0 fully saturated rings. The molecule has 0 N–H and O–H groups in total. The molecule has 0 aliphatic rings. The minimum absolute atomic E-state index is 1.17. The average Bonchev–Trinajstić information content (AvgIpc) is 3.59. The maximum absolute atomic E-state index is 3.36. The molecule has 43 heavy (non-hydrogen) atoms. The number of nitrogens with zero attached hydrogens (tertiary/aromatic N) is 2. The van der Waals surface area contributed by atoms with Gasteiger partial charge in [-0.1, -0.05) is 117 Å². The number of allylic oxidation sites excluding steroid dienone is 1. The quantitative estimate of drug-likeness (QED) is 0.192. The van der Waals surface area contributed by atoms with Crippen molar-refractivity contribution in [3.05, 3.63) is 158 Å². The van der Waals surface area contributed by atoms with E-state index in [0.29, 0.717) is 0 Å². The zero-order valence-corrected chi connectivity index (χ0v) is 25.0. The number of hydrogen-bond donors (Lipinski definition) is 0. The fraction of sp³-hybridized carbons (Fsp3) is 0.0732. The van der Waals surface area contributed by atoms with Gasteiger partial charge in [-0.3, -0.25) is 0 Å². The molecule has 8 rings (SSSR count). The fourth-order valence-electron chi connectivity index (χ4n) is 6.05. The van der Waals surface area contributed by atoms with E-state index >= 15 is 0 Å². The van der Waals surface area contributed by atoms with Crippen LogP contribution in [-0.4, -0.2) is 9.13 Å². The molecule has 6 aromatic carbocycles. The van der Waals surface area contributed by atoms with Gasteiger partial charge in [-0.05, 0) is 66.6 Å². The minimum Gasteiger partial charge on any atom is -0.309 e. The molecule has 0 aliphatic heterocycles. The molecule has 2 heteroatoms. The topological polar surface area (TPSA) is 9.86 Å². The third kappa shape index (κ3) is 4.91. The van der Waals surface area contributed by atoms with Crippen molar-refractivity contribution in [3.63, 3.8) is 0 Å². The zero-order valence-electron chi connectivity index (χ0n) is 25.0. The first-order valence-electron chi connectivity index (χ1n) is 15.0. The van der Waals surface area contributed by atoms with Crippen LogP contribution in [0.3, 0.4) is 0 Å². The summed E-state index contributed by atoms with van der Waals surface area (Å²) in [6, 6.07) is 52.5. The first-order valence-corrected chi connectivity index (χ1v) is 15.0. The third-order valence-electron chi connectivity index (χ3n) is 7.70. The summed E-state index contributed by atoms with van der Waals surface area (Å²) in [6.07, 6.45) is 1.75. The van der Waals surface area contributed by atoms with Crippen LogP contribution in [0.15, 0.2) is 158 Å². The van der Waals surface area contributed by atoms with Crippen molar-refractivity contribution in [1.29, 1.82) is 0 Å². The number of fused-ring (bicyclic) bond motifs is 6. The van der Waals surface area contributed by atoms with E-state index in [4.69, 9.17) is 0 Å². The molecule has 0 amide bonds. The molecule has 2 heterocycles. The lowest BCUT2D eigenvalue weighted by atomic mass is 10.0. The molecule has 0 spiro atoms. The van der Waals surface area contributed by atoms with Gasteiger partial charge >= 0.3 is 0 Å². The first-order chi connectivity index (χ1) is 21.3. The molecule has 0 saturated carbocycles. The molecule has 0 bridgehead atoms. The molecule has 0 atom stereocenters. The Labute approximate surface area is 253 Å². The van der Waals surface area contributed by atoms with Gasteiger partial charge in [0.15, 0.2) is 0 Å². The van der Waals surface area contributed by atoms with E-state index in [1.54, 1.807) is 6.08 Å². The number of benzene rings is 6. The number of rotatable bonds is 3. The molecule has 0 aliphatic carbocycles. The van der Waals surface area contributed by atoms with E-state index in [2.05, 4.69) is 161 Å². The Kier molecular flexibility index (Phi) is 7.93. The van der Waals surface area contributed by atoms with Crippen LogP contribution in [-0.2, 0) is 0 Å². The van der Waals surface area contributed by atoms with Gasteiger partial charge in [0.05, 0.1) is 22.1 Å². The summed E-state index contributed by atoms with van der Waals surface area (Å²) in [5.41, 5.74) is 9.65. The summed E-state index contributed by atoms with van der Waals surface area (Å²) < 4.78 is 4.76.